The molecule has 30 heavy (non-hydrogen) atoms. The maximum absolute atomic E-state index is 11.3. The molecule has 0 bridgehead atoms. The molecule has 5 heteroatoms. The van der Waals surface area contributed by atoms with E-state index in [1.165, 1.54) is 5.56 Å². The molecule has 3 rings (SSSR count). The van der Waals surface area contributed by atoms with E-state index in [4.69, 9.17) is 11.6 Å². The molecule has 4 nitrogen and oxygen atoms in total. The van der Waals surface area contributed by atoms with Gasteiger partial charge in [0.15, 0.2) is 0 Å². The van der Waals surface area contributed by atoms with Crippen molar-refractivity contribution >= 4 is 17.6 Å². The molecule has 0 fully saturated rings. The van der Waals surface area contributed by atoms with E-state index in [0.717, 1.165) is 40.8 Å². The van der Waals surface area contributed by atoms with Gasteiger partial charge in [-0.05, 0) is 78.4 Å². The molecule has 1 unspecified atom stereocenters. The van der Waals surface area contributed by atoms with E-state index in [1.54, 1.807) is 18.2 Å². The molecular formula is C25H26ClNO3. The minimum Gasteiger partial charge on any atom is -0.478 e. The fraction of sp³-hybridized carbons (Fsp3) is 0.240. The lowest BCUT2D eigenvalue weighted by Gasteiger charge is -2.13. The number of hydrogen-bond donors (Lipinski definition) is 3. The third kappa shape index (κ3) is 5.28. The first-order chi connectivity index (χ1) is 14.4. The highest BCUT2D eigenvalue weighted by Gasteiger charge is 2.12. The Hall–Kier alpha value is -2.66. The maximum Gasteiger partial charge on any atom is 0.335 e. The van der Waals surface area contributed by atoms with Crippen LogP contribution in [-0.4, -0.2) is 29.3 Å². The molecular weight excluding hydrogens is 398 g/mol. The SMILES string of the molecule is Cc1c(C(=O)O)ccc(-c2ccc(CCNCC(O)c3cccc(Cl)c3)cc2)c1C. The van der Waals surface area contributed by atoms with Gasteiger partial charge in [-0.25, -0.2) is 4.79 Å². The van der Waals surface area contributed by atoms with Crippen molar-refractivity contribution in [3.63, 3.8) is 0 Å². The lowest BCUT2D eigenvalue weighted by molar-refractivity contribution is 0.0696. The monoisotopic (exact) mass is 423 g/mol. The number of aliphatic hydroxyl groups is 1. The van der Waals surface area contributed by atoms with E-state index in [-0.39, 0.29) is 0 Å². The van der Waals surface area contributed by atoms with Crippen LogP contribution in [0.5, 0.6) is 0 Å². The Morgan fingerprint density at radius 2 is 1.77 bits per heavy atom. The Labute approximate surface area is 182 Å². The third-order valence-electron chi connectivity index (χ3n) is 5.44. The molecule has 0 spiro atoms. The number of aromatic carboxylic acids is 1. The highest BCUT2D eigenvalue weighted by atomic mass is 35.5. The van der Waals surface area contributed by atoms with Crippen LogP contribution in [0.3, 0.4) is 0 Å². The fourth-order valence-corrected chi connectivity index (χ4v) is 3.72. The van der Waals surface area contributed by atoms with Crippen molar-refractivity contribution in [1.29, 1.82) is 0 Å². The van der Waals surface area contributed by atoms with Gasteiger partial charge in [-0.15, -0.1) is 0 Å². The van der Waals surface area contributed by atoms with E-state index in [0.29, 0.717) is 17.1 Å². The number of hydrogen-bond acceptors (Lipinski definition) is 3. The van der Waals surface area contributed by atoms with Gasteiger partial charge in [0.2, 0.25) is 0 Å². The second-order valence-corrected chi connectivity index (χ2v) is 7.87. The standard InChI is InChI=1S/C25H26ClNO3/c1-16-17(2)23(25(29)30)11-10-22(16)19-8-6-18(7-9-19)12-13-27-15-24(28)20-4-3-5-21(26)14-20/h3-11,14,24,27-28H,12-13,15H2,1-2H3,(H,29,30). The van der Waals surface area contributed by atoms with E-state index >= 15 is 0 Å². The van der Waals surface area contributed by atoms with Gasteiger partial charge in [0.25, 0.3) is 0 Å². The van der Waals surface area contributed by atoms with Gasteiger partial charge in [0.05, 0.1) is 11.7 Å². The first kappa shape index (κ1) is 22.0. The molecule has 156 valence electrons. The lowest BCUT2D eigenvalue weighted by atomic mass is 9.93. The lowest BCUT2D eigenvalue weighted by Crippen LogP contribution is -2.23. The molecule has 3 aromatic rings. The van der Waals surface area contributed by atoms with Crippen LogP contribution in [0.1, 0.15) is 38.7 Å². The number of nitrogens with one attached hydrogen (secondary N) is 1. The first-order valence-electron chi connectivity index (χ1n) is 9.94. The zero-order valence-corrected chi connectivity index (χ0v) is 17.9. The van der Waals surface area contributed by atoms with Crippen LogP contribution in [0.15, 0.2) is 60.7 Å². The van der Waals surface area contributed by atoms with Crippen LogP contribution in [0, 0.1) is 13.8 Å². The van der Waals surface area contributed by atoms with Gasteiger partial charge in [-0.1, -0.05) is 54.1 Å². The van der Waals surface area contributed by atoms with E-state index in [1.807, 2.05) is 32.0 Å². The molecule has 0 aliphatic rings. The number of aliphatic hydroxyl groups excluding tert-OH is 1. The largest absolute Gasteiger partial charge is 0.478 e. The molecule has 3 N–H and O–H groups in total. The van der Waals surface area contributed by atoms with Crippen LogP contribution >= 0.6 is 11.6 Å². The summed E-state index contributed by atoms with van der Waals surface area (Å²) >= 11 is 5.97. The van der Waals surface area contributed by atoms with Crippen molar-refractivity contribution in [3.8, 4) is 11.1 Å². The Bertz CT molecular complexity index is 1030. The van der Waals surface area contributed by atoms with E-state index in [2.05, 4.69) is 29.6 Å². The Balaban J connectivity index is 1.56. The maximum atomic E-state index is 11.3. The summed E-state index contributed by atoms with van der Waals surface area (Å²) in [6, 6.07) is 19.1. The van der Waals surface area contributed by atoms with Gasteiger partial charge in [0.1, 0.15) is 0 Å². The minimum absolute atomic E-state index is 0.346. The van der Waals surface area contributed by atoms with Crippen LogP contribution < -0.4 is 5.32 Å². The molecule has 0 heterocycles. The average molecular weight is 424 g/mol. The van der Waals surface area contributed by atoms with Crippen molar-refractivity contribution in [3.05, 3.63) is 93.5 Å². The van der Waals surface area contributed by atoms with Crippen molar-refractivity contribution in [1.82, 2.24) is 5.32 Å². The molecule has 0 radical (unpaired) electrons. The van der Waals surface area contributed by atoms with Crippen molar-refractivity contribution in [2.24, 2.45) is 0 Å². The quantitative estimate of drug-likeness (QED) is 0.436. The molecule has 0 aliphatic carbocycles. The number of carboxylic acids is 1. The molecule has 3 aromatic carbocycles. The molecule has 0 saturated carbocycles. The summed E-state index contributed by atoms with van der Waals surface area (Å²) in [5.74, 6) is -0.898. The third-order valence-corrected chi connectivity index (χ3v) is 5.68. The predicted molar refractivity (Wildman–Crippen MR) is 121 cm³/mol. The number of rotatable bonds is 8. The van der Waals surface area contributed by atoms with Crippen molar-refractivity contribution in [2.45, 2.75) is 26.4 Å². The second-order valence-electron chi connectivity index (χ2n) is 7.44. The summed E-state index contributed by atoms with van der Waals surface area (Å²) in [5, 5.41) is 23.4. The molecule has 0 aliphatic heterocycles. The highest BCUT2D eigenvalue weighted by Crippen LogP contribution is 2.28. The summed E-state index contributed by atoms with van der Waals surface area (Å²) in [5.41, 5.74) is 6.25. The average Bonchev–Trinajstić information content (AvgIpc) is 2.73. The Kier molecular flexibility index (Phi) is 7.27. The van der Waals surface area contributed by atoms with Gasteiger partial charge >= 0.3 is 5.97 Å². The summed E-state index contributed by atoms with van der Waals surface area (Å²) in [6.45, 7) is 5.02. The van der Waals surface area contributed by atoms with Gasteiger partial charge in [-0.3, -0.25) is 0 Å². The predicted octanol–water partition coefficient (Wildman–Crippen LogP) is 5.19. The first-order valence-corrected chi connectivity index (χ1v) is 10.3. The number of carbonyl (C=O) groups is 1. The molecule has 0 aromatic heterocycles. The normalized spacial score (nSPS) is 12.0. The summed E-state index contributed by atoms with van der Waals surface area (Å²) in [4.78, 5) is 11.3. The van der Waals surface area contributed by atoms with E-state index in [9.17, 15) is 15.0 Å². The molecule has 0 saturated heterocycles. The van der Waals surface area contributed by atoms with Gasteiger partial charge in [0, 0.05) is 11.6 Å². The Morgan fingerprint density at radius 1 is 1.03 bits per heavy atom. The zero-order valence-electron chi connectivity index (χ0n) is 17.2. The number of halogens is 1. The van der Waals surface area contributed by atoms with E-state index < -0.39 is 12.1 Å². The topological polar surface area (TPSA) is 69.6 Å². The summed E-state index contributed by atoms with van der Waals surface area (Å²) < 4.78 is 0. The minimum atomic E-state index is -0.898. The van der Waals surface area contributed by atoms with Gasteiger partial charge in [-0.2, -0.15) is 0 Å². The zero-order chi connectivity index (χ0) is 21.7. The van der Waals surface area contributed by atoms with Crippen LogP contribution in [0.2, 0.25) is 5.02 Å². The van der Waals surface area contributed by atoms with Crippen molar-refractivity contribution < 1.29 is 15.0 Å². The number of benzene rings is 3. The Morgan fingerprint density at radius 3 is 2.43 bits per heavy atom. The molecule has 1 atom stereocenters. The van der Waals surface area contributed by atoms with Crippen LogP contribution in [0.25, 0.3) is 11.1 Å². The summed E-state index contributed by atoms with van der Waals surface area (Å²) in [6.07, 6.45) is 0.254. The highest BCUT2D eigenvalue weighted by molar-refractivity contribution is 6.30. The van der Waals surface area contributed by atoms with Crippen LogP contribution in [-0.2, 0) is 6.42 Å². The summed E-state index contributed by atoms with van der Waals surface area (Å²) in [7, 11) is 0. The molecule has 0 amide bonds. The van der Waals surface area contributed by atoms with Crippen LogP contribution in [0.4, 0.5) is 0 Å². The van der Waals surface area contributed by atoms with Crippen molar-refractivity contribution in [2.75, 3.05) is 13.1 Å². The smallest absolute Gasteiger partial charge is 0.335 e. The number of carboxylic acid groups (broad SMARTS) is 1. The fourth-order valence-electron chi connectivity index (χ4n) is 3.52. The second kappa shape index (κ2) is 9.90. The van der Waals surface area contributed by atoms with Gasteiger partial charge < -0.3 is 15.5 Å².